The summed E-state index contributed by atoms with van der Waals surface area (Å²) in [6.45, 7) is 10.8. The van der Waals surface area contributed by atoms with E-state index >= 15 is 0 Å². The number of thioether (sulfide) groups is 1. The lowest BCUT2D eigenvalue weighted by Crippen LogP contribution is -2.63. The summed E-state index contributed by atoms with van der Waals surface area (Å²) in [7, 11) is 0. The van der Waals surface area contributed by atoms with E-state index < -0.39 is 236 Å². The Kier molecular flexibility index (Phi) is 43.6. The zero-order valence-corrected chi connectivity index (χ0v) is 61.1. The average Bonchev–Trinajstić information content (AvgIpc) is 0.842. The Bertz CT molecular complexity index is 3040. The summed E-state index contributed by atoms with van der Waals surface area (Å²) in [6, 6.07) is -10.8. The maximum Gasteiger partial charge on any atom is 0.326 e. The van der Waals surface area contributed by atoms with Crippen molar-refractivity contribution in [1.29, 1.82) is 0 Å². The van der Waals surface area contributed by atoms with Crippen molar-refractivity contribution in [2.45, 2.75) is 230 Å². The summed E-state index contributed by atoms with van der Waals surface area (Å²) in [5, 5.41) is 88.5. The van der Waals surface area contributed by atoms with Crippen molar-refractivity contribution in [3.05, 3.63) is 35.9 Å². The molecular formula is C66H109N15O22S. The van der Waals surface area contributed by atoms with E-state index in [-0.39, 0.29) is 32.2 Å². The van der Waals surface area contributed by atoms with Crippen LogP contribution in [0.5, 0.6) is 0 Å². The number of carboxylic acid groups (broad SMARTS) is 4. The molecule has 38 heteroatoms. The van der Waals surface area contributed by atoms with Gasteiger partial charge < -0.3 is 112 Å². The predicted octanol–water partition coefficient (Wildman–Crippen LogP) is -4.57. The Morgan fingerprint density at radius 2 is 0.808 bits per heavy atom. The summed E-state index contributed by atoms with van der Waals surface area (Å²) in [6.07, 6.45) is -3.30. The van der Waals surface area contributed by atoms with Gasteiger partial charge in [-0.1, -0.05) is 78.3 Å². The number of aliphatic hydroxyl groups excluding tert-OH is 2. The highest BCUT2D eigenvalue weighted by Crippen LogP contribution is 2.15. The molecule has 0 bridgehead atoms. The van der Waals surface area contributed by atoms with Crippen LogP contribution in [0, 0.1) is 17.8 Å². The predicted molar refractivity (Wildman–Crippen MR) is 377 cm³/mol. The van der Waals surface area contributed by atoms with Crippen LogP contribution in [0.25, 0.3) is 0 Å². The first-order valence-electron chi connectivity index (χ1n) is 34.4. The number of carbonyl (C=O) groups excluding carboxylic acids is 12. The third kappa shape index (κ3) is 34.9. The molecule has 586 valence electrons. The standard InChI is InChI=1S/C66H109N15O22S/c1-10-35(6)52(79-59(95)41(21-15-17-28-68)71-55(91)39(69)26-29-104-9)63(99)73-42(22-24-47(85)86)58(94)75-44(30-38-18-12-11-13-19-38)56(92)70-32-46(84)77-50(33(2)3)61(97)76-45(31-49(89)90)60(96)78-51(34(4)5)62(98)80-54(37(8)83)65(101)81-53(36(7)82)64(100)72-40(20-14-16-27-67)57(93)74-43(66(102)103)23-25-48(87)88/h11-13,18-19,33-37,39-45,50-54,82-83H,10,14-17,20-32,67-69H2,1-9H3,(H,70,92)(H,71,91)(H,72,100)(H,73,99)(H,74,93)(H,75,94)(H,76,97)(H,77,84)(H,78,96)(H,79,95)(H,80,98)(H,81,101)(H,85,86)(H,87,88)(H,89,90)(H,102,103)/t35-,36+,37+,39-,40-,41-,42-,43-,44-,45-,50-,51-,52-,53-,54-/m0/s1. The molecule has 37 nitrogen and oxygen atoms in total. The lowest BCUT2D eigenvalue weighted by atomic mass is 9.96. The van der Waals surface area contributed by atoms with Crippen LogP contribution < -0.4 is 81.0 Å². The molecule has 104 heavy (non-hydrogen) atoms. The minimum atomic E-state index is -1.98. The smallest absolute Gasteiger partial charge is 0.326 e. The number of nitrogens with one attached hydrogen (secondary N) is 12. The highest BCUT2D eigenvalue weighted by Gasteiger charge is 2.40. The van der Waals surface area contributed by atoms with E-state index in [2.05, 4.69) is 63.8 Å². The van der Waals surface area contributed by atoms with Gasteiger partial charge in [0, 0.05) is 19.3 Å². The van der Waals surface area contributed by atoms with E-state index in [0.717, 1.165) is 13.8 Å². The van der Waals surface area contributed by atoms with Crippen LogP contribution in [0.3, 0.4) is 0 Å². The van der Waals surface area contributed by atoms with Gasteiger partial charge in [-0.25, -0.2) is 4.79 Å². The van der Waals surface area contributed by atoms with Gasteiger partial charge in [-0.3, -0.25) is 71.9 Å². The number of aliphatic hydroxyl groups is 2. The molecule has 1 aromatic carbocycles. The fourth-order valence-electron chi connectivity index (χ4n) is 10.1. The van der Waals surface area contributed by atoms with E-state index in [1.54, 1.807) is 44.2 Å². The quantitative estimate of drug-likeness (QED) is 0.0273. The van der Waals surface area contributed by atoms with Crippen molar-refractivity contribution in [3.63, 3.8) is 0 Å². The first-order valence-corrected chi connectivity index (χ1v) is 35.8. The number of nitrogens with two attached hydrogens (primary N) is 3. The molecule has 0 aliphatic heterocycles. The Hall–Kier alpha value is -9.11. The molecule has 24 N–H and O–H groups in total. The molecule has 12 amide bonds. The number of carboxylic acids is 4. The Morgan fingerprint density at radius 1 is 0.423 bits per heavy atom. The molecule has 0 aromatic heterocycles. The van der Waals surface area contributed by atoms with Crippen LogP contribution in [0.2, 0.25) is 0 Å². The topological polar surface area (TPSA) is 617 Å². The zero-order valence-electron chi connectivity index (χ0n) is 60.3. The largest absolute Gasteiger partial charge is 0.481 e. The van der Waals surface area contributed by atoms with Gasteiger partial charge in [0.1, 0.15) is 66.5 Å². The highest BCUT2D eigenvalue weighted by atomic mass is 32.2. The maximum absolute atomic E-state index is 14.3. The van der Waals surface area contributed by atoms with Gasteiger partial charge >= 0.3 is 23.9 Å². The van der Waals surface area contributed by atoms with Crippen molar-refractivity contribution >= 4 is 107 Å². The van der Waals surface area contributed by atoms with Crippen molar-refractivity contribution < 1.29 is 107 Å². The van der Waals surface area contributed by atoms with Crippen LogP contribution in [-0.4, -0.2) is 242 Å². The Labute approximate surface area is 607 Å². The first kappa shape index (κ1) is 92.9. The molecule has 1 aromatic rings. The van der Waals surface area contributed by atoms with E-state index in [4.69, 9.17) is 22.3 Å². The van der Waals surface area contributed by atoms with E-state index in [9.17, 15) is 102 Å². The van der Waals surface area contributed by atoms with E-state index in [1.807, 2.05) is 6.26 Å². The van der Waals surface area contributed by atoms with Gasteiger partial charge in [-0.05, 0) is 120 Å². The van der Waals surface area contributed by atoms with Gasteiger partial charge in [-0.2, -0.15) is 11.8 Å². The van der Waals surface area contributed by atoms with Crippen molar-refractivity contribution in [2.24, 2.45) is 35.0 Å². The number of hydrogen-bond acceptors (Lipinski definition) is 22. The summed E-state index contributed by atoms with van der Waals surface area (Å²) in [4.78, 5) is 213. The number of rotatable bonds is 52. The fourth-order valence-corrected chi connectivity index (χ4v) is 10.6. The number of unbranched alkanes of at least 4 members (excludes halogenated alkanes) is 2. The van der Waals surface area contributed by atoms with Crippen LogP contribution in [0.15, 0.2) is 30.3 Å². The zero-order chi connectivity index (χ0) is 79.1. The summed E-state index contributed by atoms with van der Waals surface area (Å²) < 4.78 is 0. The molecule has 0 fully saturated rings. The third-order valence-corrected chi connectivity index (χ3v) is 17.1. The second-order valence-electron chi connectivity index (χ2n) is 25.9. The molecule has 15 atom stereocenters. The van der Waals surface area contributed by atoms with Crippen molar-refractivity contribution in [1.82, 2.24) is 63.8 Å². The number of hydrogen-bond donors (Lipinski definition) is 21. The molecule has 0 spiro atoms. The van der Waals surface area contributed by atoms with Gasteiger partial charge in [0.25, 0.3) is 0 Å². The van der Waals surface area contributed by atoms with Crippen LogP contribution >= 0.6 is 11.8 Å². The van der Waals surface area contributed by atoms with Crippen molar-refractivity contribution in [3.8, 4) is 0 Å². The number of amides is 12. The van der Waals surface area contributed by atoms with E-state index in [1.165, 1.54) is 39.5 Å². The van der Waals surface area contributed by atoms with Crippen LogP contribution in [0.4, 0.5) is 0 Å². The molecule has 0 unspecified atom stereocenters. The van der Waals surface area contributed by atoms with Crippen LogP contribution in [-0.2, 0) is 83.1 Å². The third-order valence-electron chi connectivity index (χ3n) is 16.5. The number of carbonyl (C=O) groups is 16. The van der Waals surface area contributed by atoms with Gasteiger partial charge in [0.2, 0.25) is 70.9 Å². The molecular weight excluding hydrogens is 1390 g/mol. The number of aliphatic carboxylic acids is 4. The van der Waals surface area contributed by atoms with Crippen molar-refractivity contribution in [2.75, 3.05) is 31.6 Å². The second-order valence-corrected chi connectivity index (χ2v) is 26.9. The minimum absolute atomic E-state index is 0.133. The Balaban J connectivity index is 3.47. The van der Waals surface area contributed by atoms with Crippen LogP contribution in [0.1, 0.15) is 144 Å². The average molecular weight is 1500 g/mol. The van der Waals surface area contributed by atoms with Gasteiger partial charge in [-0.15, -0.1) is 0 Å². The molecule has 0 aliphatic carbocycles. The second kappa shape index (κ2) is 48.8. The highest BCUT2D eigenvalue weighted by molar-refractivity contribution is 7.98. The maximum atomic E-state index is 14.3. The summed E-state index contributed by atoms with van der Waals surface area (Å²) in [5.41, 5.74) is 17.9. The number of benzene rings is 1. The van der Waals surface area contributed by atoms with E-state index in [0.29, 0.717) is 50.0 Å². The molecule has 0 heterocycles. The minimum Gasteiger partial charge on any atom is -0.481 e. The fraction of sp³-hybridized carbons (Fsp3) is 0.667. The summed E-state index contributed by atoms with van der Waals surface area (Å²) >= 11 is 1.47. The van der Waals surface area contributed by atoms with Gasteiger partial charge in [0.05, 0.1) is 31.2 Å². The first-order chi connectivity index (χ1) is 48.8. The molecule has 0 aliphatic rings. The lowest BCUT2D eigenvalue weighted by molar-refractivity contribution is -0.144. The summed E-state index contributed by atoms with van der Waals surface area (Å²) in [5.74, 6) is -20.1. The molecule has 0 radical (unpaired) electrons. The lowest BCUT2D eigenvalue weighted by Gasteiger charge is -2.30. The SMILES string of the molecule is CC[C@H](C)[C@H](NC(=O)[C@H](CCCCN)NC(=O)[C@@H](N)CCSC)C(=O)N[C@@H](CCC(=O)O)C(=O)N[C@@H](Cc1ccccc1)C(=O)NCC(=O)N[C@H](C(=O)N[C@@H](CC(=O)O)C(=O)N[C@H](C(=O)N[C@H](C(=O)N[C@H](C(=O)N[C@@H](CCCCN)C(=O)N[C@@H](CCC(=O)O)C(=O)O)[C@@H](C)O)[C@@H](C)O)C(C)C)C(C)C. The monoisotopic (exact) mass is 1500 g/mol. The molecule has 0 saturated heterocycles. The van der Waals surface area contributed by atoms with Gasteiger partial charge in [0.15, 0.2) is 0 Å². The normalized spacial score (nSPS) is 15.5. The Morgan fingerprint density at radius 3 is 1.26 bits per heavy atom. The molecule has 1 rings (SSSR count). The molecule has 0 saturated carbocycles.